The highest BCUT2D eigenvalue weighted by Crippen LogP contribution is 2.19. The van der Waals surface area contributed by atoms with Crippen molar-refractivity contribution < 1.29 is 19.0 Å². The van der Waals surface area contributed by atoms with Gasteiger partial charge in [0.25, 0.3) is 0 Å². The van der Waals surface area contributed by atoms with Crippen LogP contribution in [0.4, 0.5) is 0 Å². The highest BCUT2D eigenvalue weighted by molar-refractivity contribution is 5.96. The molecule has 1 aromatic heterocycles. The van der Waals surface area contributed by atoms with Crippen LogP contribution < -0.4 is 9.47 Å². The zero-order chi connectivity index (χ0) is 13.5. The lowest BCUT2D eigenvalue weighted by molar-refractivity contribution is 0.0870. The molecule has 1 aromatic rings. The molecule has 0 saturated carbocycles. The molecule has 0 aliphatic rings. The number of carbonyl (C=O) groups is 1. The lowest BCUT2D eigenvalue weighted by Crippen LogP contribution is -2.11. The number of carbonyl (C=O) groups excluding carboxylic acids is 1. The molecule has 1 heterocycles. The summed E-state index contributed by atoms with van der Waals surface area (Å²) in [7, 11) is 4.53. The summed E-state index contributed by atoms with van der Waals surface area (Å²) < 4.78 is 15.0. The molecule has 0 aromatic carbocycles. The fourth-order valence-corrected chi connectivity index (χ4v) is 1.36. The quantitative estimate of drug-likeness (QED) is 0.686. The third-order valence-electron chi connectivity index (χ3n) is 2.57. The molecule has 18 heavy (non-hydrogen) atoms. The minimum Gasteiger partial charge on any atom is -0.480 e. The first-order valence-corrected chi connectivity index (χ1v) is 5.63. The summed E-state index contributed by atoms with van der Waals surface area (Å²) in [5, 5.41) is 0. The van der Waals surface area contributed by atoms with Gasteiger partial charge in [-0.3, -0.25) is 4.79 Å². The van der Waals surface area contributed by atoms with Crippen molar-refractivity contribution in [2.75, 3.05) is 21.3 Å². The summed E-state index contributed by atoms with van der Waals surface area (Å²) in [5.41, 5.74) is 0.224. The van der Waals surface area contributed by atoms with Crippen molar-refractivity contribution in [3.05, 3.63) is 11.9 Å². The molecule has 0 aliphatic heterocycles. The van der Waals surface area contributed by atoms with E-state index in [4.69, 9.17) is 14.2 Å². The SMILES string of the molecule is COc1cnc(C(=O)CCC(C)OC)c(OC)n1. The molecule has 0 amide bonds. The molecule has 0 N–H and O–H groups in total. The maximum absolute atomic E-state index is 12.0. The van der Waals surface area contributed by atoms with Crippen LogP contribution >= 0.6 is 0 Å². The van der Waals surface area contributed by atoms with Crippen LogP contribution in [-0.2, 0) is 4.74 Å². The van der Waals surface area contributed by atoms with Crippen LogP contribution in [0.2, 0.25) is 0 Å². The zero-order valence-electron chi connectivity index (χ0n) is 11.1. The summed E-state index contributed by atoms with van der Waals surface area (Å²) in [4.78, 5) is 20.0. The Morgan fingerprint density at radius 3 is 2.61 bits per heavy atom. The standard InChI is InChI=1S/C12H18N2O4/c1-8(16-2)5-6-9(15)11-12(18-4)14-10(17-3)7-13-11/h7-8H,5-6H2,1-4H3. The Morgan fingerprint density at radius 1 is 1.33 bits per heavy atom. The average molecular weight is 254 g/mol. The number of ketones is 1. The van der Waals surface area contributed by atoms with Crippen LogP contribution in [-0.4, -0.2) is 43.2 Å². The highest BCUT2D eigenvalue weighted by Gasteiger charge is 2.17. The highest BCUT2D eigenvalue weighted by atomic mass is 16.5. The molecular formula is C12H18N2O4. The maximum Gasteiger partial charge on any atom is 0.246 e. The Labute approximate surface area is 106 Å². The molecule has 1 atom stereocenters. The van der Waals surface area contributed by atoms with E-state index >= 15 is 0 Å². The monoisotopic (exact) mass is 254 g/mol. The van der Waals surface area contributed by atoms with Gasteiger partial charge < -0.3 is 14.2 Å². The normalized spacial score (nSPS) is 12.0. The zero-order valence-corrected chi connectivity index (χ0v) is 11.1. The smallest absolute Gasteiger partial charge is 0.246 e. The molecule has 6 heteroatoms. The minimum absolute atomic E-state index is 0.0335. The third-order valence-corrected chi connectivity index (χ3v) is 2.57. The molecule has 0 fully saturated rings. The molecule has 0 radical (unpaired) electrons. The first-order valence-electron chi connectivity index (χ1n) is 5.63. The third kappa shape index (κ3) is 3.66. The summed E-state index contributed by atoms with van der Waals surface area (Å²) in [6.07, 6.45) is 2.40. The predicted octanol–water partition coefficient (Wildman–Crippen LogP) is 1.49. The van der Waals surface area contributed by atoms with Crippen molar-refractivity contribution in [1.29, 1.82) is 0 Å². The Balaban J connectivity index is 2.78. The van der Waals surface area contributed by atoms with E-state index in [2.05, 4.69) is 9.97 Å². The number of nitrogens with zero attached hydrogens (tertiary/aromatic N) is 2. The average Bonchev–Trinajstić information content (AvgIpc) is 2.43. The largest absolute Gasteiger partial charge is 0.480 e. The number of aromatic nitrogens is 2. The van der Waals surface area contributed by atoms with Gasteiger partial charge in [0.2, 0.25) is 11.8 Å². The molecule has 6 nitrogen and oxygen atoms in total. The van der Waals surface area contributed by atoms with E-state index in [1.165, 1.54) is 20.4 Å². The number of rotatable bonds is 7. The van der Waals surface area contributed by atoms with Crippen molar-refractivity contribution in [1.82, 2.24) is 9.97 Å². The second kappa shape index (κ2) is 6.90. The van der Waals surface area contributed by atoms with Crippen LogP contribution in [0.3, 0.4) is 0 Å². The van der Waals surface area contributed by atoms with Crippen LogP contribution in [0, 0.1) is 0 Å². The van der Waals surface area contributed by atoms with Gasteiger partial charge in [-0.05, 0) is 13.3 Å². The molecular weight excluding hydrogens is 236 g/mol. The number of hydrogen-bond donors (Lipinski definition) is 0. The number of hydrogen-bond acceptors (Lipinski definition) is 6. The second-order valence-electron chi connectivity index (χ2n) is 3.78. The predicted molar refractivity (Wildman–Crippen MR) is 65.2 cm³/mol. The lowest BCUT2D eigenvalue weighted by Gasteiger charge is -2.09. The molecule has 0 saturated heterocycles. The van der Waals surface area contributed by atoms with Gasteiger partial charge in [-0.1, -0.05) is 0 Å². The van der Waals surface area contributed by atoms with Crippen molar-refractivity contribution >= 4 is 5.78 Å². The Hall–Kier alpha value is -1.69. The Morgan fingerprint density at radius 2 is 2.06 bits per heavy atom. The van der Waals surface area contributed by atoms with E-state index in [0.29, 0.717) is 18.7 Å². The van der Waals surface area contributed by atoms with Crippen molar-refractivity contribution in [3.63, 3.8) is 0 Å². The van der Waals surface area contributed by atoms with Gasteiger partial charge in [0.15, 0.2) is 11.5 Å². The van der Waals surface area contributed by atoms with Gasteiger partial charge in [0.1, 0.15) is 0 Å². The van der Waals surface area contributed by atoms with Crippen molar-refractivity contribution in [2.45, 2.75) is 25.9 Å². The van der Waals surface area contributed by atoms with E-state index in [9.17, 15) is 4.79 Å². The van der Waals surface area contributed by atoms with E-state index < -0.39 is 0 Å². The minimum atomic E-state index is -0.120. The Kier molecular flexibility index (Phi) is 5.51. The molecule has 1 unspecified atom stereocenters. The first kappa shape index (κ1) is 14.4. The number of Topliss-reactive ketones (excluding diaryl/α,β-unsaturated/α-hetero) is 1. The fraction of sp³-hybridized carbons (Fsp3) is 0.583. The second-order valence-corrected chi connectivity index (χ2v) is 3.78. The van der Waals surface area contributed by atoms with E-state index in [0.717, 1.165) is 0 Å². The topological polar surface area (TPSA) is 70.5 Å². The summed E-state index contributed by atoms with van der Waals surface area (Å²) in [5.74, 6) is 0.379. The number of ether oxygens (including phenoxy) is 3. The Bertz CT molecular complexity index is 409. The molecule has 0 spiro atoms. The van der Waals surface area contributed by atoms with Gasteiger partial charge in [0, 0.05) is 13.5 Å². The van der Waals surface area contributed by atoms with Crippen LogP contribution in [0.1, 0.15) is 30.3 Å². The van der Waals surface area contributed by atoms with E-state index in [1.807, 2.05) is 6.92 Å². The van der Waals surface area contributed by atoms with Crippen molar-refractivity contribution in [3.8, 4) is 11.8 Å². The van der Waals surface area contributed by atoms with Crippen molar-refractivity contribution in [2.24, 2.45) is 0 Å². The molecule has 0 aliphatic carbocycles. The molecule has 100 valence electrons. The van der Waals surface area contributed by atoms with Crippen LogP contribution in [0.5, 0.6) is 11.8 Å². The molecule has 0 bridgehead atoms. The summed E-state index contributed by atoms with van der Waals surface area (Å²) in [6.45, 7) is 1.91. The van der Waals surface area contributed by atoms with Gasteiger partial charge in [-0.2, -0.15) is 4.98 Å². The summed E-state index contributed by atoms with van der Waals surface area (Å²) >= 11 is 0. The lowest BCUT2D eigenvalue weighted by atomic mass is 10.1. The van der Waals surface area contributed by atoms with Crippen LogP contribution in [0.15, 0.2) is 6.20 Å². The van der Waals surface area contributed by atoms with Gasteiger partial charge >= 0.3 is 0 Å². The first-order chi connectivity index (χ1) is 8.62. The van der Waals surface area contributed by atoms with Gasteiger partial charge in [-0.15, -0.1) is 0 Å². The summed E-state index contributed by atoms with van der Waals surface area (Å²) in [6, 6.07) is 0. The van der Waals surface area contributed by atoms with Gasteiger partial charge in [0.05, 0.1) is 26.5 Å². The van der Waals surface area contributed by atoms with E-state index in [-0.39, 0.29) is 23.5 Å². The van der Waals surface area contributed by atoms with Gasteiger partial charge in [-0.25, -0.2) is 4.98 Å². The maximum atomic E-state index is 12.0. The van der Waals surface area contributed by atoms with Crippen LogP contribution in [0.25, 0.3) is 0 Å². The number of methoxy groups -OCH3 is 3. The molecule has 1 rings (SSSR count). The van der Waals surface area contributed by atoms with E-state index in [1.54, 1.807) is 7.11 Å². The fourth-order valence-electron chi connectivity index (χ4n) is 1.36.